The number of carbonyl (C=O) groups excluding carboxylic acids is 4. The van der Waals surface area contributed by atoms with Gasteiger partial charge in [0, 0.05) is 25.7 Å². The molecule has 5 atom stereocenters. The van der Waals surface area contributed by atoms with Gasteiger partial charge in [-0.3, -0.25) is 37.3 Å². The average molecular weight is 1510 g/mol. The molecule has 3 unspecified atom stereocenters. The van der Waals surface area contributed by atoms with Crippen molar-refractivity contribution in [2.45, 2.75) is 453 Å². The predicted octanol–water partition coefficient (Wildman–Crippen LogP) is 25.2. The van der Waals surface area contributed by atoms with E-state index in [1.165, 1.54) is 231 Å². The molecule has 103 heavy (non-hydrogen) atoms. The summed E-state index contributed by atoms with van der Waals surface area (Å²) in [6.07, 6.45) is 61.2. The minimum absolute atomic E-state index is 0.107. The fourth-order valence-corrected chi connectivity index (χ4v) is 14.5. The number of aliphatic hydroxyl groups is 1. The van der Waals surface area contributed by atoms with E-state index in [-0.39, 0.29) is 25.7 Å². The van der Waals surface area contributed by atoms with Crippen molar-refractivity contribution >= 4 is 39.5 Å². The molecule has 0 fully saturated rings. The molecule has 0 spiro atoms. The number of rotatable bonds is 81. The smallest absolute Gasteiger partial charge is 0.462 e. The topological polar surface area (TPSA) is 237 Å². The van der Waals surface area contributed by atoms with Crippen LogP contribution in [0.25, 0.3) is 0 Å². The Kier molecular flexibility index (Phi) is 71.5. The van der Waals surface area contributed by atoms with Crippen LogP contribution < -0.4 is 0 Å². The van der Waals surface area contributed by atoms with Crippen molar-refractivity contribution in [1.82, 2.24) is 0 Å². The zero-order valence-electron chi connectivity index (χ0n) is 68.0. The van der Waals surface area contributed by atoms with Gasteiger partial charge in [0.05, 0.1) is 26.4 Å². The van der Waals surface area contributed by atoms with Crippen molar-refractivity contribution in [3.8, 4) is 0 Å². The van der Waals surface area contributed by atoms with Crippen LogP contribution in [-0.4, -0.2) is 96.7 Å². The van der Waals surface area contributed by atoms with Crippen molar-refractivity contribution in [2.75, 3.05) is 39.6 Å². The van der Waals surface area contributed by atoms with Crippen molar-refractivity contribution in [1.29, 1.82) is 0 Å². The molecule has 0 bridgehead atoms. The van der Waals surface area contributed by atoms with E-state index in [0.29, 0.717) is 31.6 Å². The molecule has 0 aliphatic rings. The molecule has 0 heterocycles. The van der Waals surface area contributed by atoms with Crippen molar-refractivity contribution in [3.63, 3.8) is 0 Å². The average Bonchev–Trinajstić information content (AvgIpc) is 0.916. The molecule has 0 aromatic carbocycles. The summed E-state index contributed by atoms with van der Waals surface area (Å²) in [6.45, 7) is 14.3. The summed E-state index contributed by atoms with van der Waals surface area (Å²) in [4.78, 5) is 73.1. The van der Waals surface area contributed by atoms with Gasteiger partial charge in [0.25, 0.3) is 0 Å². The standard InChI is InChI=1S/C84H164O17P2/c1-74(2)60-52-44-36-29-23-18-14-11-9-10-12-16-20-26-32-40-48-56-64-81(86)94-70-79(100-84(89)67-59-51-42-34-28-22-25-31-38-46-54-62-76(5)6)72-98-102(90,91)96-68-78(85)69-97-103(92,93)99-73-80(71-95-82(87)65-57-49-43-35-39-47-55-63-77(7)8)101-83(88)66-58-50-41-33-27-21-17-13-15-19-24-30-37-45-53-61-75(3)4/h74-80,85H,9-73H2,1-8H3,(H,90,91)(H,92,93)/t78?,79-,80-/m1/s1. The molecule has 0 radical (unpaired) electrons. The van der Waals surface area contributed by atoms with Crippen LogP contribution >= 0.6 is 15.6 Å². The number of unbranched alkanes of at least 4 members (excludes halogenated alkanes) is 47. The minimum atomic E-state index is -4.96. The molecule has 0 aromatic rings. The van der Waals surface area contributed by atoms with Crippen molar-refractivity contribution in [2.24, 2.45) is 23.7 Å². The molecule has 0 amide bonds. The molecule has 0 saturated carbocycles. The van der Waals surface area contributed by atoms with E-state index in [9.17, 15) is 43.2 Å². The second-order valence-corrected chi connectivity index (χ2v) is 35.0. The summed E-state index contributed by atoms with van der Waals surface area (Å²) in [5, 5.41) is 10.7. The molecule has 17 nitrogen and oxygen atoms in total. The molecule has 0 aromatic heterocycles. The van der Waals surface area contributed by atoms with Crippen molar-refractivity contribution < 1.29 is 80.2 Å². The van der Waals surface area contributed by atoms with Gasteiger partial charge in [-0.05, 0) is 49.4 Å². The van der Waals surface area contributed by atoms with Crippen LogP contribution in [-0.2, 0) is 65.4 Å². The molecular formula is C84H164O17P2. The number of aliphatic hydroxyl groups excluding tert-OH is 1. The molecule has 19 heteroatoms. The first-order valence-electron chi connectivity index (χ1n) is 43.2. The molecule has 0 saturated heterocycles. The highest BCUT2D eigenvalue weighted by Gasteiger charge is 2.30. The first kappa shape index (κ1) is 101. The van der Waals surface area contributed by atoms with Crippen LogP contribution in [0.15, 0.2) is 0 Å². The number of ether oxygens (including phenoxy) is 4. The van der Waals surface area contributed by atoms with E-state index in [2.05, 4.69) is 55.4 Å². The quantitative estimate of drug-likeness (QED) is 0.0222. The first-order chi connectivity index (χ1) is 49.6. The summed E-state index contributed by atoms with van der Waals surface area (Å²) < 4.78 is 68.8. The first-order valence-corrected chi connectivity index (χ1v) is 46.2. The Bertz CT molecular complexity index is 2010. The predicted molar refractivity (Wildman–Crippen MR) is 423 cm³/mol. The number of phosphoric acid groups is 2. The maximum atomic E-state index is 13.1. The van der Waals surface area contributed by atoms with Crippen molar-refractivity contribution in [3.05, 3.63) is 0 Å². The maximum absolute atomic E-state index is 13.1. The lowest BCUT2D eigenvalue weighted by molar-refractivity contribution is -0.161. The van der Waals surface area contributed by atoms with Crippen LogP contribution in [0.5, 0.6) is 0 Å². The van der Waals surface area contributed by atoms with Gasteiger partial charge in [-0.25, -0.2) is 9.13 Å². The highest BCUT2D eigenvalue weighted by atomic mass is 31.2. The van der Waals surface area contributed by atoms with Crippen LogP contribution in [0.4, 0.5) is 0 Å². The van der Waals surface area contributed by atoms with E-state index >= 15 is 0 Å². The van der Waals surface area contributed by atoms with Crippen LogP contribution in [0.3, 0.4) is 0 Å². The van der Waals surface area contributed by atoms with Gasteiger partial charge in [-0.2, -0.15) is 0 Å². The van der Waals surface area contributed by atoms with Gasteiger partial charge in [0.1, 0.15) is 19.3 Å². The largest absolute Gasteiger partial charge is 0.472 e. The molecule has 0 aliphatic heterocycles. The van der Waals surface area contributed by atoms with Gasteiger partial charge >= 0.3 is 39.5 Å². The minimum Gasteiger partial charge on any atom is -0.462 e. The highest BCUT2D eigenvalue weighted by Crippen LogP contribution is 2.45. The van der Waals surface area contributed by atoms with E-state index in [4.69, 9.17) is 37.0 Å². The third kappa shape index (κ3) is 78.0. The zero-order valence-corrected chi connectivity index (χ0v) is 69.7. The number of hydrogen-bond donors (Lipinski definition) is 3. The van der Waals surface area contributed by atoms with E-state index in [1.54, 1.807) is 0 Å². The Hall–Kier alpha value is -1.94. The summed E-state index contributed by atoms with van der Waals surface area (Å²) in [5.41, 5.74) is 0. The monoisotopic (exact) mass is 1510 g/mol. The van der Waals surface area contributed by atoms with Crippen LogP contribution in [0.2, 0.25) is 0 Å². The third-order valence-corrected chi connectivity index (χ3v) is 21.5. The van der Waals surface area contributed by atoms with Gasteiger partial charge in [-0.15, -0.1) is 0 Å². The van der Waals surface area contributed by atoms with E-state index in [1.807, 2.05) is 0 Å². The molecule has 0 rings (SSSR count). The number of hydrogen-bond acceptors (Lipinski definition) is 15. The Morgan fingerprint density at radius 1 is 0.243 bits per heavy atom. The fourth-order valence-electron chi connectivity index (χ4n) is 13.0. The second-order valence-electron chi connectivity index (χ2n) is 32.1. The van der Waals surface area contributed by atoms with E-state index in [0.717, 1.165) is 114 Å². The maximum Gasteiger partial charge on any atom is 0.472 e. The van der Waals surface area contributed by atoms with Gasteiger partial charge < -0.3 is 33.8 Å². The zero-order chi connectivity index (χ0) is 76.0. The lowest BCUT2D eigenvalue weighted by Crippen LogP contribution is -2.30. The molecule has 3 N–H and O–H groups in total. The lowest BCUT2D eigenvalue weighted by Gasteiger charge is -2.21. The molecular weight excluding hydrogens is 1340 g/mol. The second kappa shape index (κ2) is 72.9. The van der Waals surface area contributed by atoms with Gasteiger partial charge in [-0.1, -0.05) is 383 Å². The Morgan fingerprint density at radius 2 is 0.408 bits per heavy atom. The highest BCUT2D eigenvalue weighted by molar-refractivity contribution is 7.47. The summed E-state index contributed by atoms with van der Waals surface area (Å²) >= 11 is 0. The van der Waals surface area contributed by atoms with Gasteiger partial charge in [0.15, 0.2) is 12.2 Å². The van der Waals surface area contributed by atoms with E-state index < -0.39 is 97.5 Å². The summed E-state index contributed by atoms with van der Waals surface area (Å²) in [6, 6.07) is 0. The summed E-state index contributed by atoms with van der Waals surface area (Å²) in [5.74, 6) is 0.984. The van der Waals surface area contributed by atoms with Crippen LogP contribution in [0, 0.1) is 23.7 Å². The van der Waals surface area contributed by atoms with Gasteiger partial charge in [0.2, 0.25) is 0 Å². The molecule has 0 aliphatic carbocycles. The Labute approximate surface area is 632 Å². The molecule has 612 valence electrons. The fraction of sp³-hybridized carbons (Fsp3) is 0.952. The normalized spacial score (nSPS) is 14.0. The Morgan fingerprint density at radius 3 is 0.602 bits per heavy atom. The number of phosphoric ester groups is 2. The lowest BCUT2D eigenvalue weighted by atomic mass is 10.0. The Balaban J connectivity index is 5.20. The number of esters is 4. The third-order valence-electron chi connectivity index (χ3n) is 19.6. The number of carbonyl (C=O) groups is 4. The SMILES string of the molecule is CC(C)CCCCCCCCCCCCCCCCCCCCC(=O)OC[C@H](COP(=O)(O)OCC(O)COP(=O)(O)OC[C@@H](COC(=O)CCCCCCCCCC(C)C)OC(=O)CCCCCCCCCCCCCCCCCC(C)C)OC(=O)CCCCCCCCCCCCCC(C)C. The summed E-state index contributed by atoms with van der Waals surface area (Å²) in [7, 11) is -9.93. The van der Waals surface area contributed by atoms with Crippen LogP contribution in [0.1, 0.15) is 434 Å².